The number of nitrogens with zero attached hydrogens (tertiary/aromatic N) is 2. The lowest BCUT2D eigenvalue weighted by atomic mass is 10.2. The molecule has 1 aromatic carbocycles. The Morgan fingerprint density at radius 2 is 2.29 bits per heavy atom. The van der Waals surface area contributed by atoms with Crippen molar-refractivity contribution in [2.24, 2.45) is 0 Å². The Morgan fingerprint density at radius 1 is 1.53 bits per heavy atom. The molecule has 1 heterocycles. The second kappa shape index (κ2) is 5.18. The number of hydrogen-bond acceptors (Lipinski definition) is 4. The van der Waals surface area contributed by atoms with Gasteiger partial charge >= 0.3 is 0 Å². The molecule has 0 atom stereocenters. The molecule has 17 heavy (non-hydrogen) atoms. The summed E-state index contributed by atoms with van der Waals surface area (Å²) in [5.41, 5.74) is 1.12. The van der Waals surface area contributed by atoms with Gasteiger partial charge in [-0.15, -0.1) is 0 Å². The van der Waals surface area contributed by atoms with Crippen molar-refractivity contribution >= 4 is 15.9 Å². The Labute approximate surface area is 107 Å². The summed E-state index contributed by atoms with van der Waals surface area (Å²) in [4.78, 5) is 12.0. The van der Waals surface area contributed by atoms with Crippen molar-refractivity contribution in [2.45, 2.75) is 6.54 Å². The number of halogens is 1. The molecule has 0 aromatic heterocycles. The zero-order chi connectivity index (χ0) is 12.3. The van der Waals surface area contributed by atoms with Gasteiger partial charge < -0.3 is 10.2 Å². The van der Waals surface area contributed by atoms with Crippen LogP contribution in [0.15, 0.2) is 40.8 Å². The first-order chi connectivity index (χ1) is 8.16. The molecule has 1 aromatic rings. The van der Waals surface area contributed by atoms with E-state index in [1.165, 1.54) is 0 Å². The molecule has 0 bridgehead atoms. The van der Waals surface area contributed by atoms with Crippen molar-refractivity contribution in [3.05, 3.63) is 56.4 Å². The molecule has 0 unspecified atom stereocenters. The van der Waals surface area contributed by atoms with Gasteiger partial charge in [0.15, 0.2) is 5.82 Å². The van der Waals surface area contributed by atoms with Crippen molar-refractivity contribution < 1.29 is 4.92 Å². The number of benzene rings is 1. The molecule has 1 saturated heterocycles. The number of hydrogen-bond donors (Lipinski definition) is 1. The van der Waals surface area contributed by atoms with Crippen LogP contribution >= 0.6 is 15.9 Å². The monoisotopic (exact) mass is 297 g/mol. The lowest BCUT2D eigenvalue weighted by molar-refractivity contribution is -0.404. The van der Waals surface area contributed by atoms with E-state index >= 15 is 0 Å². The van der Waals surface area contributed by atoms with Crippen LogP contribution in [0.4, 0.5) is 0 Å². The summed E-state index contributed by atoms with van der Waals surface area (Å²) in [6, 6.07) is 7.88. The fourth-order valence-electron chi connectivity index (χ4n) is 1.77. The quantitative estimate of drug-likeness (QED) is 0.684. The third kappa shape index (κ3) is 2.97. The molecule has 5 nitrogen and oxygen atoms in total. The fourth-order valence-corrected chi connectivity index (χ4v) is 2.18. The molecule has 1 aliphatic heterocycles. The lowest BCUT2D eigenvalue weighted by Gasteiger charge is -2.17. The van der Waals surface area contributed by atoms with E-state index in [1.807, 2.05) is 29.2 Å². The predicted molar refractivity (Wildman–Crippen MR) is 67.6 cm³/mol. The summed E-state index contributed by atoms with van der Waals surface area (Å²) in [6.45, 7) is 2.18. The van der Waals surface area contributed by atoms with Gasteiger partial charge in [0, 0.05) is 24.1 Å². The van der Waals surface area contributed by atoms with Gasteiger partial charge in [0.05, 0.1) is 4.92 Å². The van der Waals surface area contributed by atoms with Gasteiger partial charge in [-0.25, -0.2) is 0 Å². The highest BCUT2D eigenvalue weighted by atomic mass is 79.9. The summed E-state index contributed by atoms with van der Waals surface area (Å²) in [6.07, 6.45) is 1.02. The second-order valence-electron chi connectivity index (χ2n) is 3.74. The van der Waals surface area contributed by atoms with Crippen molar-refractivity contribution in [1.29, 1.82) is 0 Å². The predicted octanol–water partition coefficient (Wildman–Crippen LogP) is 1.93. The maximum absolute atomic E-state index is 10.5. The van der Waals surface area contributed by atoms with E-state index in [-0.39, 0.29) is 0 Å². The molecule has 0 aliphatic carbocycles. The van der Waals surface area contributed by atoms with Crippen molar-refractivity contribution in [3.63, 3.8) is 0 Å². The standard InChI is InChI=1S/C11H12BrN3O2/c12-10-4-2-1-3-9(10)7-14-6-5-13-11(14)8-15(16)17/h1-4,8,13H,5-7H2. The molecule has 1 fully saturated rings. The van der Waals surface area contributed by atoms with Crippen molar-refractivity contribution in [2.75, 3.05) is 13.1 Å². The minimum absolute atomic E-state index is 0.430. The first-order valence-electron chi connectivity index (χ1n) is 5.24. The van der Waals surface area contributed by atoms with Crippen LogP contribution in [0.5, 0.6) is 0 Å². The molecule has 6 heteroatoms. The Balaban J connectivity index is 2.13. The Hall–Kier alpha value is -1.56. The number of rotatable bonds is 3. The molecule has 0 saturated carbocycles. The molecular formula is C11H12BrN3O2. The van der Waals surface area contributed by atoms with E-state index in [0.29, 0.717) is 12.4 Å². The van der Waals surface area contributed by atoms with Crippen LogP contribution in [0, 0.1) is 10.1 Å². The highest BCUT2D eigenvalue weighted by Gasteiger charge is 2.19. The SMILES string of the molecule is O=[N+]([O-])C=C1NCCN1Cc1ccccc1Br. The zero-order valence-electron chi connectivity index (χ0n) is 9.10. The molecule has 0 amide bonds. The summed E-state index contributed by atoms with van der Waals surface area (Å²) in [7, 11) is 0. The minimum Gasteiger partial charge on any atom is -0.365 e. The number of nitro groups is 1. The smallest absolute Gasteiger partial charge is 0.274 e. The fraction of sp³-hybridized carbons (Fsp3) is 0.273. The summed E-state index contributed by atoms with van der Waals surface area (Å²) >= 11 is 3.47. The highest BCUT2D eigenvalue weighted by Crippen LogP contribution is 2.20. The van der Waals surface area contributed by atoms with E-state index in [1.54, 1.807) is 0 Å². The molecule has 90 valence electrons. The van der Waals surface area contributed by atoms with Crippen molar-refractivity contribution in [3.8, 4) is 0 Å². The molecule has 0 radical (unpaired) electrons. The summed E-state index contributed by atoms with van der Waals surface area (Å²) < 4.78 is 1.02. The molecular weight excluding hydrogens is 286 g/mol. The van der Waals surface area contributed by atoms with Gasteiger partial charge in [0.2, 0.25) is 0 Å². The summed E-state index contributed by atoms with van der Waals surface area (Å²) in [5, 5.41) is 13.5. The van der Waals surface area contributed by atoms with Gasteiger partial charge in [-0.3, -0.25) is 10.1 Å². The molecule has 0 spiro atoms. The van der Waals surface area contributed by atoms with Crippen molar-refractivity contribution in [1.82, 2.24) is 10.2 Å². The van der Waals surface area contributed by atoms with Crippen LogP contribution in [0.25, 0.3) is 0 Å². The second-order valence-corrected chi connectivity index (χ2v) is 4.59. The van der Waals surface area contributed by atoms with Crippen LogP contribution < -0.4 is 5.32 Å². The normalized spacial score (nSPS) is 17.2. The third-order valence-electron chi connectivity index (χ3n) is 2.58. The molecule has 1 aliphatic rings. The highest BCUT2D eigenvalue weighted by molar-refractivity contribution is 9.10. The van der Waals surface area contributed by atoms with Crippen LogP contribution in [0.1, 0.15) is 5.56 Å². The van der Waals surface area contributed by atoms with E-state index in [4.69, 9.17) is 0 Å². The van der Waals surface area contributed by atoms with Crippen LogP contribution in [0.3, 0.4) is 0 Å². The number of nitrogens with one attached hydrogen (secondary N) is 1. The van der Waals surface area contributed by atoms with E-state index in [2.05, 4.69) is 21.2 Å². The maximum Gasteiger partial charge on any atom is 0.274 e. The van der Waals surface area contributed by atoms with E-state index in [0.717, 1.165) is 29.3 Å². The Morgan fingerprint density at radius 3 is 3.00 bits per heavy atom. The topological polar surface area (TPSA) is 58.4 Å². The minimum atomic E-state index is -0.430. The maximum atomic E-state index is 10.5. The third-order valence-corrected chi connectivity index (χ3v) is 3.35. The average Bonchev–Trinajstić information content (AvgIpc) is 2.68. The lowest BCUT2D eigenvalue weighted by Crippen LogP contribution is -2.20. The average molecular weight is 298 g/mol. The first-order valence-corrected chi connectivity index (χ1v) is 6.03. The van der Waals surface area contributed by atoms with Gasteiger partial charge in [0.25, 0.3) is 6.20 Å². The molecule has 1 N–H and O–H groups in total. The van der Waals surface area contributed by atoms with Crippen LogP contribution in [0.2, 0.25) is 0 Å². The van der Waals surface area contributed by atoms with Crippen LogP contribution in [-0.4, -0.2) is 22.9 Å². The Bertz CT molecular complexity index is 462. The zero-order valence-corrected chi connectivity index (χ0v) is 10.7. The molecule has 2 rings (SSSR count). The van der Waals surface area contributed by atoms with E-state index in [9.17, 15) is 10.1 Å². The summed E-state index contributed by atoms with van der Waals surface area (Å²) in [5.74, 6) is 0.575. The van der Waals surface area contributed by atoms with E-state index < -0.39 is 4.92 Å². The Kier molecular flexibility index (Phi) is 3.63. The van der Waals surface area contributed by atoms with Gasteiger partial charge in [-0.2, -0.15) is 0 Å². The van der Waals surface area contributed by atoms with Gasteiger partial charge in [-0.05, 0) is 11.6 Å². The van der Waals surface area contributed by atoms with Crippen LogP contribution in [-0.2, 0) is 6.54 Å². The first kappa shape index (κ1) is 11.9. The largest absolute Gasteiger partial charge is 0.365 e. The van der Waals surface area contributed by atoms with Gasteiger partial charge in [0.1, 0.15) is 0 Å². The van der Waals surface area contributed by atoms with Gasteiger partial charge in [-0.1, -0.05) is 34.1 Å².